The van der Waals surface area contributed by atoms with Gasteiger partial charge in [-0.3, -0.25) is 4.79 Å². The Balaban J connectivity index is 1.60. The first kappa shape index (κ1) is 20.3. The van der Waals surface area contributed by atoms with Crippen molar-refractivity contribution in [1.29, 1.82) is 0 Å². The van der Waals surface area contributed by atoms with E-state index in [0.29, 0.717) is 40.3 Å². The van der Waals surface area contributed by atoms with Gasteiger partial charge >= 0.3 is 6.18 Å². The number of furan rings is 1. The molecule has 0 aliphatic carbocycles. The second-order valence-electron chi connectivity index (χ2n) is 7.17. The number of fused-ring (bicyclic) bond motifs is 5. The van der Waals surface area contributed by atoms with Crippen LogP contribution in [0.25, 0.3) is 21.9 Å². The summed E-state index contributed by atoms with van der Waals surface area (Å²) in [6.45, 7) is 2.35. The Kier molecular flexibility index (Phi) is 4.59. The van der Waals surface area contributed by atoms with Crippen LogP contribution in [-0.4, -0.2) is 33.4 Å². The fraction of sp³-hybridized carbons (Fsp3) is 0.200. The van der Waals surface area contributed by atoms with Crippen LogP contribution in [0.15, 0.2) is 34.9 Å². The number of anilines is 1. The van der Waals surface area contributed by atoms with Crippen molar-refractivity contribution < 1.29 is 27.1 Å². The van der Waals surface area contributed by atoms with Crippen LogP contribution in [-0.2, 0) is 6.18 Å². The molecular weight excluding hydrogens is 451 g/mol. The van der Waals surface area contributed by atoms with Crippen molar-refractivity contribution in [3.05, 3.63) is 47.1 Å². The second kappa shape index (κ2) is 7.23. The highest BCUT2D eigenvalue weighted by Gasteiger charge is 2.36. The Labute approximate surface area is 182 Å². The molecule has 1 aliphatic heterocycles. The molecule has 4 heterocycles. The molecule has 1 atom stereocenters. The largest absolute Gasteiger partial charge is 0.449 e. The number of nitrogens with one attached hydrogen (secondary N) is 2. The average molecular weight is 464 g/mol. The van der Waals surface area contributed by atoms with Gasteiger partial charge < -0.3 is 19.8 Å². The quantitative estimate of drug-likeness (QED) is 0.412. The van der Waals surface area contributed by atoms with Gasteiger partial charge in [-0.15, -0.1) is 0 Å². The molecule has 12 heteroatoms. The summed E-state index contributed by atoms with van der Waals surface area (Å²) in [6, 6.07) is 6.17. The number of hydrogen-bond acceptors (Lipinski definition) is 7. The van der Waals surface area contributed by atoms with Gasteiger partial charge in [-0.05, 0) is 36.7 Å². The maximum Gasteiger partial charge on any atom is 0.423 e. The lowest BCUT2D eigenvalue weighted by Crippen LogP contribution is -2.34. The number of pyridine rings is 1. The standard InChI is InChI=1S/C20H13ClF3N5O3/c1-8-6-25-15-14-9-2-5-13(32-18-10(20(22,23)24)7-26-19(21)29-18)28-11(9)3-4-12(14)31-16(15)17(30)27-8/h2-5,7-8,25H,6H2,1H3,(H,27,30)/t8-/m1/s1. The van der Waals surface area contributed by atoms with Crippen LogP contribution in [0.2, 0.25) is 5.28 Å². The molecule has 8 nitrogen and oxygen atoms in total. The molecule has 164 valence electrons. The van der Waals surface area contributed by atoms with Crippen LogP contribution in [0.4, 0.5) is 18.9 Å². The van der Waals surface area contributed by atoms with E-state index in [-0.39, 0.29) is 23.6 Å². The number of alkyl halides is 3. The maximum atomic E-state index is 13.3. The first-order valence-electron chi connectivity index (χ1n) is 9.39. The molecule has 4 aromatic rings. The van der Waals surface area contributed by atoms with Gasteiger partial charge in [0.2, 0.25) is 22.8 Å². The summed E-state index contributed by atoms with van der Waals surface area (Å²) >= 11 is 5.64. The number of nitrogens with zero attached hydrogens (tertiary/aromatic N) is 3. The minimum atomic E-state index is -4.74. The van der Waals surface area contributed by atoms with E-state index in [2.05, 4.69) is 25.6 Å². The summed E-state index contributed by atoms with van der Waals surface area (Å²) in [6.07, 6.45) is -4.19. The topological polar surface area (TPSA) is 102 Å². The Hall–Kier alpha value is -3.60. The third kappa shape index (κ3) is 3.44. The third-order valence-corrected chi connectivity index (χ3v) is 5.08. The summed E-state index contributed by atoms with van der Waals surface area (Å²) in [5, 5.41) is 6.91. The summed E-state index contributed by atoms with van der Waals surface area (Å²) in [7, 11) is 0. The number of ether oxygens (including phenoxy) is 1. The summed E-state index contributed by atoms with van der Waals surface area (Å²) in [4.78, 5) is 23.6. The zero-order valence-corrected chi connectivity index (χ0v) is 17.0. The van der Waals surface area contributed by atoms with E-state index in [0.717, 1.165) is 0 Å². The van der Waals surface area contributed by atoms with E-state index in [1.165, 1.54) is 6.07 Å². The molecule has 32 heavy (non-hydrogen) atoms. The van der Waals surface area contributed by atoms with Gasteiger partial charge in [0, 0.05) is 30.2 Å². The van der Waals surface area contributed by atoms with Gasteiger partial charge in [-0.2, -0.15) is 18.2 Å². The Morgan fingerprint density at radius 3 is 2.81 bits per heavy atom. The molecule has 0 spiro atoms. The monoisotopic (exact) mass is 463 g/mol. The summed E-state index contributed by atoms with van der Waals surface area (Å²) in [5.41, 5.74) is 0.248. The molecule has 0 radical (unpaired) electrons. The zero-order chi connectivity index (χ0) is 22.6. The number of aromatic nitrogens is 3. The smallest absolute Gasteiger partial charge is 0.423 e. The zero-order valence-electron chi connectivity index (χ0n) is 16.2. The van der Waals surface area contributed by atoms with Crippen LogP contribution >= 0.6 is 11.6 Å². The molecule has 3 aromatic heterocycles. The fourth-order valence-electron chi connectivity index (χ4n) is 3.48. The van der Waals surface area contributed by atoms with Crippen LogP contribution in [0, 0.1) is 0 Å². The number of hydrogen-bond donors (Lipinski definition) is 2. The van der Waals surface area contributed by atoms with E-state index in [9.17, 15) is 18.0 Å². The van der Waals surface area contributed by atoms with Gasteiger partial charge in [-0.25, -0.2) is 9.97 Å². The molecule has 0 unspecified atom stereocenters. The lowest BCUT2D eigenvalue weighted by atomic mass is 10.1. The highest BCUT2D eigenvalue weighted by atomic mass is 35.5. The van der Waals surface area contributed by atoms with Crippen molar-refractivity contribution in [3.8, 4) is 11.8 Å². The number of rotatable bonds is 2. The number of carbonyl (C=O) groups is 1. The van der Waals surface area contributed by atoms with Gasteiger partial charge in [0.1, 0.15) is 11.1 Å². The normalized spacial score (nSPS) is 16.4. The first-order chi connectivity index (χ1) is 15.2. The molecule has 2 N–H and O–H groups in total. The average Bonchev–Trinajstić information content (AvgIpc) is 3.04. The van der Waals surface area contributed by atoms with E-state index < -0.39 is 22.9 Å². The van der Waals surface area contributed by atoms with Crippen molar-refractivity contribution in [1.82, 2.24) is 20.3 Å². The van der Waals surface area contributed by atoms with Crippen molar-refractivity contribution in [2.45, 2.75) is 19.1 Å². The Morgan fingerprint density at radius 1 is 1.22 bits per heavy atom. The van der Waals surface area contributed by atoms with Gasteiger partial charge in [0.25, 0.3) is 5.91 Å². The minimum Gasteiger partial charge on any atom is -0.449 e. The van der Waals surface area contributed by atoms with Crippen LogP contribution in [0.3, 0.4) is 0 Å². The van der Waals surface area contributed by atoms with E-state index in [1.807, 2.05) is 6.92 Å². The Morgan fingerprint density at radius 2 is 2.03 bits per heavy atom. The maximum absolute atomic E-state index is 13.3. The molecular formula is C20H13ClF3N5O3. The van der Waals surface area contributed by atoms with Gasteiger partial charge in [0.15, 0.2) is 0 Å². The SMILES string of the molecule is C[C@@H]1CNc2c(oc3ccc4nc(Oc5nc(Cl)ncc5C(F)(F)F)ccc4c23)C(=O)N1. The Bertz CT molecular complexity index is 1390. The van der Waals surface area contributed by atoms with Crippen molar-refractivity contribution in [2.75, 3.05) is 11.9 Å². The molecule has 1 aliphatic rings. The molecule has 1 aromatic carbocycles. The highest BCUT2D eigenvalue weighted by molar-refractivity contribution is 6.28. The van der Waals surface area contributed by atoms with Gasteiger partial charge in [0.05, 0.1) is 16.6 Å². The van der Waals surface area contributed by atoms with E-state index in [4.69, 9.17) is 20.8 Å². The lowest BCUT2D eigenvalue weighted by molar-refractivity contribution is -0.139. The molecule has 5 rings (SSSR count). The molecule has 0 saturated carbocycles. The van der Waals surface area contributed by atoms with Crippen LogP contribution < -0.4 is 15.4 Å². The number of amides is 1. The fourth-order valence-corrected chi connectivity index (χ4v) is 3.61. The minimum absolute atomic E-state index is 0.101. The number of carbonyl (C=O) groups excluding carboxylic acids is 1. The van der Waals surface area contributed by atoms with E-state index in [1.54, 1.807) is 18.2 Å². The molecule has 1 amide bonds. The number of halogens is 4. The predicted molar refractivity (Wildman–Crippen MR) is 109 cm³/mol. The predicted octanol–water partition coefficient (Wildman–Crippen LogP) is 4.78. The molecule has 0 fully saturated rings. The van der Waals surface area contributed by atoms with Crippen LogP contribution in [0.1, 0.15) is 23.0 Å². The lowest BCUT2D eigenvalue weighted by Gasteiger charge is -2.12. The first-order valence-corrected chi connectivity index (χ1v) is 9.77. The third-order valence-electron chi connectivity index (χ3n) is 4.90. The van der Waals surface area contributed by atoms with Crippen LogP contribution in [0.5, 0.6) is 11.8 Å². The number of benzene rings is 1. The molecule has 0 saturated heterocycles. The van der Waals surface area contributed by atoms with E-state index >= 15 is 0 Å². The van der Waals surface area contributed by atoms with Crippen molar-refractivity contribution in [3.63, 3.8) is 0 Å². The van der Waals surface area contributed by atoms with Crippen molar-refractivity contribution >= 4 is 45.1 Å². The summed E-state index contributed by atoms with van der Waals surface area (Å²) < 4.78 is 50.8. The highest BCUT2D eigenvalue weighted by Crippen LogP contribution is 2.39. The van der Waals surface area contributed by atoms with Gasteiger partial charge in [-0.1, -0.05) is 0 Å². The molecule has 0 bridgehead atoms. The van der Waals surface area contributed by atoms with Crippen molar-refractivity contribution in [2.24, 2.45) is 0 Å². The second-order valence-corrected chi connectivity index (χ2v) is 7.51. The summed E-state index contributed by atoms with van der Waals surface area (Å²) in [5.74, 6) is -1.06.